The van der Waals surface area contributed by atoms with Gasteiger partial charge in [-0.15, -0.1) is 12.4 Å². The molecule has 124 valence electrons. The van der Waals surface area contributed by atoms with Crippen molar-refractivity contribution in [3.63, 3.8) is 0 Å². The number of para-hydroxylation sites is 1. The van der Waals surface area contributed by atoms with Crippen molar-refractivity contribution < 1.29 is 9.53 Å². The van der Waals surface area contributed by atoms with Crippen LogP contribution in [-0.2, 0) is 4.74 Å². The van der Waals surface area contributed by atoms with Crippen molar-refractivity contribution in [1.29, 1.82) is 0 Å². The summed E-state index contributed by atoms with van der Waals surface area (Å²) in [5, 5.41) is 4.08. The normalized spacial score (nSPS) is 10.1. The lowest BCUT2D eigenvalue weighted by atomic mass is 10.1. The summed E-state index contributed by atoms with van der Waals surface area (Å²) in [7, 11) is 0. The zero-order chi connectivity index (χ0) is 16.2. The number of anilines is 2. The molecule has 0 atom stereocenters. The molecule has 5 nitrogen and oxygen atoms in total. The second-order valence-electron chi connectivity index (χ2n) is 5.08. The Bertz CT molecular complexity index is 854. The predicted molar refractivity (Wildman–Crippen MR) is 97.2 cm³/mol. The zero-order valence-electron chi connectivity index (χ0n) is 13.4. The van der Waals surface area contributed by atoms with Crippen molar-refractivity contribution >= 4 is 40.8 Å². The van der Waals surface area contributed by atoms with Crippen LogP contribution >= 0.6 is 12.4 Å². The van der Waals surface area contributed by atoms with E-state index in [0.29, 0.717) is 23.5 Å². The average Bonchev–Trinajstić information content (AvgIpc) is 2.56. The lowest BCUT2D eigenvalue weighted by Crippen LogP contribution is -2.09. The number of esters is 1. The molecular weight excluding hydrogens is 326 g/mol. The summed E-state index contributed by atoms with van der Waals surface area (Å²) in [6.07, 6.45) is 1.51. The van der Waals surface area contributed by atoms with Gasteiger partial charge in [0.2, 0.25) is 0 Å². The summed E-state index contributed by atoms with van der Waals surface area (Å²) >= 11 is 0. The molecule has 0 bridgehead atoms. The number of nitrogens with zero attached hydrogens (tertiary/aromatic N) is 2. The maximum atomic E-state index is 12.2. The van der Waals surface area contributed by atoms with Gasteiger partial charge in [-0.25, -0.2) is 14.8 Å². The fourth-order valence-corrected chi connectivity index (χ4v) is 2.34. The first-order valence-corrected chi connectivity index (χ1v) is 7.44. The standard InChI is InChI=1S/C18H17N3O2.ClH/c1-3-23-18(22)15-11-19-17-14(10-9-12(2)20-17)16(15)21-13-7-5-4-6-8-13;/h4-11H,3H2,1-2H3,(H,19,20,21);1H. The van der Waals surface area contributed by atoms with Crippen LogP contribution in [0.2, 0.25) is 0 Å². The molecule has 0 spiro atoms. The van der Waals surface area contributed by atoms with Crippen LogP contribution in [0.1, 0.15) is 23.0 Å². The third-order valence-electron chi connectivity index (χ3n) is 3.41. The number of hydrogen-bond donors (Lipinski definition) is 1. The van der Waals surface area contributed by atoms with Gasteiger partial charge in [0.15, 0.2) is 5.65 Å². The predicted octanol–water partition coefficient (Wildman–Crippen LogP) is 4.28. The molecule has 0 aliphatic carbocycles. The number of aryl methyl sites for hydroxylation is 1. The van der Waals surface area contributed by atoms with Crippen LogP contribution in [0.25, 0.3) is 11.0 Å². The van der Waals surface area contributed by atoms with Crippen LogP contribution < -0.4 is 5.32 Å². The maximum Gasteiger partial charge on any atom is 0.341 e. The molecule has 0 radical (unpaired) electrons. The van der Waals surface area contributed by atoms with E-state index in [4.69, 9.17) is 4.74 Å². The van der Waals surface area contributed by atoms with Gasteiger partial charge in [0, 0.05) is 23.0 Å². The third kappa shape index (κ3) is 3.63. The van der Waals surface area contributed by atoms with Crippen LogP contribution in [0.15, 0.2) is 48.7 Å². The minimum absolute atomic E-state index is 0. The first kappa shape index (κ1) is 17.7. The Balaban J connectivity index is 0.00000208. The van der Waals surface area contributed by atoms with Gasteiger partial charge < -0.3 is 10.1 Å². The number of carbonyl (C=O) groups is 1. The molecule has 0 fully saturated rings. The molecule has 0 aliphatic rings. The number of carbonyl (C=O) groups excluding carboxylic acids is 1. The van der Waals surface area contributed by atoms with Gasteiger partial charge in [-0.1, -0.05) is 18.2 Å². The molecule has 1 aromatic carbocycles. The number of rotatable bonds is 4. The molecule has 3 rings (SSSR count). The molecule has 3 aromatic rings. The number of ether oxygens (including phenoxy) is 1. The molecule has 24 heavy (non-hydrogen) atoms. The van der Waals surface area contributed by atoms with Crippen molar-refractivity contribution in [3.8, 4) is 0 Å². The zero-order valence-corrected chi connectivity index (χ0v) is 14.3. The maximum absolute atomic E-state index is 12.2. The van der Waals surface area contributed by atoms with E-state index in [2.05, 4.69) is 15.3 Å². The number of hydrogen-bond acceptors (Lipinski definition) is 5. The number of benzene rings is 1. The van der Waals surface area contributed by atoms with Crippen LogP contribution in [0, 0.1) is 6.92 Å². The number of nitrogens with one attached hydrogen (secondary N) is 1. The highest BCUT2D eigenvalue weighted by Gasteiger charge is 2.17. The summed E-state index contributed by atoms with van der Waals surface area (Å²) in [5.74, 6) is -0.402. The molecular formula is C18H18ClN3O2. The minimum atomic E-state index is -0.402. The molecule has 0 saturated carbocycles. The Morgan fingerprint density at radius 1 is 1.17 bits per heavy atom. The number of aromatic nitrogens is 2. The molecule has 2 heterocycles. The monoisotopic (exact) mass is 343 g/mol. The van der Waals surface area contributed by atoms with Gasteiger partial charge >= 0.3 is 5.97 Å². The Labute approximate surface area is 146 Å². The summed E-state index contributed by atoms with van der Waals surface area (Å²) < 4.78 is 5.14. The summed E-state index contributed by atoms with van der Waals surface area (Å²) in [5.41, 5.74) is 3.41. The summed E-state index contributed by atoms with van der Waals surface area (Å²) in [6, 6.07) is 13.5. The van der Waals surface area contributed by atoms with Crippen LogP contribution in [0.3, 0.4) is 0 Å². The first-order chi connectivity index (χ1) is 11.2. The largest absolute Gasteiger partial charge is 0.462 e. The molecule has 0 aliphatic heterocycles. The van der Waals surface area contributed by atoms with E-state index in [1.807, 2.05) is 49.4 Å². The molecule has 0 saturated heterocycles. The van der Waals surface area contributed by atoms with Gasteiger partial charge in [0.25, 0.3) is 0 Å². The molecule has 0 amide bonds. The highest BCUT2D eigenvalue weighted by Crippen LogP contribution is 2.29. The van der Waals surface area contributed by atoms with Gasteiger partial charge in [0.1, 0.15) is 5.56 Å². The van der Waals surface area contributed by atoms with Crippen molar-refractivity contribution in [2.75, 3.05) is 11.9 Å². The lowest BCUT2D eigenvalue weighted by molar-refractivity contribution is 0.0527. The summed E-state index contributed by atoms with van der Waals surface area (Å²) in [4.78, 5) is 21.0. The van der Waals surface area contributed by atoms with E-state index in [-0.39, 0.29) is 12.4 Å². The Morgan fingerprint density at radius 2 is 1.92 bits per heavy atom. The van der Waals surface area contributed by atoms with Gasteiger partial charge in [0.05, 0.1) is 12.3 Å². The van der Waals surface area contributed by atoms with E-state index < -0.39 is 5.97 Å². The fourth-order valence-electron chi connectivity index (χ4n) is 2.34. The minimum Gasteiger partial charge on any atom is -0.462 e. The fraction of sp³-hybridized carbons (Fsp3) is 0.167. The second kappa shape index (κ2) is 7.75. The van der Waals surface area contributed by atoms with Crippen molar-refractivity contribution in [2.45, 2.75) is 13.8 Å². The van der Waals surface area contributed by atoms with Gasteiger partial charge in [-0.05, 0) is 38.1 Å². The van der Waals surface area contributed by atoms with E-state index in [0.717, 1.165) is 16.8 Å². The lowest BCUT2D eigenvalue weighted by Gasteiger charge is -2.14. The summed E-state index contributed by atoms with van der Waals surface area (Å²) in [6.45, 7) is 4.00. The van der Waals surface area contributed by atoms with E-state index in [1.54, 1.807) is 6.92 Å². The topological polar surface area (TPSA) is 64.1 Å². The Morgan fingerprint density at radius 3 is 2.62 bits per heavy atom. The smallest absolute Gasteiger partial charge is 0.341 e. The Kier molecular flexibility index (Phi) is 5.71. The number of fused-ring (bicyclic) bond motifs is 1. The van der Waals surface area contributed by atoms with Gasteiger partial charge in [-0.2, -0.15) is 0 Å². The van der Waals surface area contributed by atoms with Crippen molar-refractivity contribution in [3.05, 3.63) is 59.9 Å². The van der Waals surface area contributed by atoms with Crippen LogP contribution in [0.5, 0.6) is 0 Å². The Hall–Kier alpha value is -2.66. The van der Waals surface area contributed by atoms with Gasteiger partial charge in [-0.3, -0.25) is 0 Å². The molecule has 6 heteroatoms. The average molecular weight is 344 g/mol. The van der Waals surface area contributed by atoms with Crippen LogP contribution in [0.4, 0.5) is 11.4 Å². The van der Waals surface area contributed by atoms with Crippen molar-refractivity contribution in [2.24, 2.45) is 0 Å². The van der Waals surface area contributed by atoms with Crippen molar-refractivity contribution in [1.82, 2.24) is 9.97 Å². The number of halogens is 1. The van der Waals surface area contributed by atoms with E-state index in [1.165, 1.54) is 6.20 Å². The molecule has 2 aromatic heterocycles. The SMILES string of the molecule is CCOC(=O)c1cnc2nc(C)ccc2c1Nc1ccccc1.Cl. The third-order valence-corrected chi connectivity index (χ3v) is 3.41. The first-order valence-electron chi connectivity index (χ1n) is 7.44. The quantitative estimate of drug-likeness (QED) is 0.716. The number of pyridine rings is 2. The van der Waals surface area contributed by atoms with E-state index >= 15 is 0 Å². The molecule has 1 N–H and O–H groups in total. The highest BCUT2D eigenvalue weighted by molar-refractivity contribution is 6.05. The van der Waals surface area contributed by atoms with Crippen LogP contribution in [-0.4, -0.2) is 22.5 Å². The molecule has 0 unspecified atom stereocenters. The highest BCUT2D eigenvalue weighted by atomic mass is 35.5. The van der Waals surface area contributed by atoms with E-state index in [9.17, 15) is 4.79 Å². The second-order valence-corrected chi connectivity index (χ2v) is 5.08.